The summed E-state index contributed by atoms with van der Waals surface area (Å²) < 4.78 is 48.4. The number of aromatic nitrogens is 4. The number of hydrogen-bond acceptors (Lipinski definition) is 6. The molecule has 0 radical (unpaired) electrons. The number of hydrogen-bond donors (Lipinski definition) is 1. The van der Waals surface area contributed by atoms with Crippen LogP contribution in [-0.4, -0.2) is 49.5 Å². The molecule has 2 aromatic rings. The van der Waals surface area contributed by atoms with Crippen molar-refractivity contribution in [2.45, 2.75) is 44.1 Å². The maximum absolute atomic E-state index is 14.2. The van der Waals surface area contributed by atoms with Crippen molar-refractivity contribution < 1.29 is 17.9 Å². The second-order valence-corrected chi connectivity index (χ2v) is 7.53. The first-order chi connectivity index (χ1) is 13.5. The van der Waals surface area contributed by atoms with Crippen molar-refractivity contribution in [2.75, 3.05) is 6.61 Å². The fourth-order valence-corrected chi connectivity index (χ4v) is 4.38. The van der Waals surface area contributed by atoms with E-state index in [4.69, 9.17) is 10.5 Å². The van der Waals surface area contributed by atoms with Crippen molar-refractivity contribution >= 4 is 5.65 Å². The maximum atomic E-state index is 14.2. The first-order valence-corrected chi connectivity index (χ1v) is 9.21. The summed E-state index contributed by atoms with van der Waals surface area (Å²) in [5.41, 5.74) is 8.95. The van der Waals surface area contributed by atoms with Gasteiger partial charge in [-0.3, -0.25) is 4.90 Å². The number of fused-ring (bicyclic) bond motifs is 3. The van der Waals surface area contributed by atoms with Gasteiger partial charge in [-0.1, -0.05) is 0 Å². The van der Waals surface area contributed by atoms with Crippen LogP contribution in [0.4, 0.5) is 13.2 Å². The molecule has 148 valence electrons. The van der Waals surface area contributed by atoms with Crippen LogP contribution in [0.15, 0.2) is 36.0 Å². The van der Waals surface area contributed by atoms with E-state index in [0.717, 1.165) is 16.9 Å². The molecule has 2 N–H and O–H groups in total. The number of nitrogens with two attached hydrogens (primary N) is 1. The normalized spacial score (nSPS) is 31.4. The minimum atomic E-state index is -1.15. The average Bonchev–Trinajstić information content (AvgIpc) is 3.23. The molecule has 0 bridgehead atoms. The fraction of sp³-hybridized carbons (Fsp3) is 0.500. The molecule has 0 spiro atoms. The van der Waals surface area contributed by atoms with Crippen LogP contribution in [0.2, 0.25) is 0 Å². The Kier molecular flexibility index (Phi) is 4.22. The zero-order chi connectivity index (χ0) is 19.4. The van der Waals surface area contributed by atoms with Crippen LogP contribution in [0.25, 0.3) is 5.65 Å². The quantitative estimate of drug-likeness (QED) is 0.841. The van der Waals surface area contributed by atoms with Gasteiger partial charge in [0.1, 0.15) is 11.7 Å². The molecule has 7 nitrogen and oxygen atoms in total. The van der Waals surface area contributed by atoms with Crippen molar-refractivity contribution in [3.8, 4) is 0 Å². The van der Waals surface area contributed by atoms with E-state index in [1.807, 2.05) is 0 Å². The molecule has 0 amide bonds. The Labute approximate surface area is 158 Å². The second-order valence-electron chi connectivity index (χ2n) is 7.53. The molecule has 1 saturated heterocycles. The molecule has 4 atom stereocenters. The number of rotatable bonds is 2. The van der Waals surface area contributed by atoms with E-state index in [1.165, 1.54) is 4.63 Å². The minimum Gasteiger partial charge on any atom is -0.374 e. The molecule has 2 aliphatic heterocycles. The average molecular weight is 392 g/mol. The molecule has 0 saturated carbocycles. The summed E-state index contributed by atoms with van der Waals surface area (Å²) in [6.07, 6.45) is 3.35. The summed E-state index contributed by atoms with van der Waals surface area (Å²) >= 11 is 0. The van der Waals surface area contributed by atoms with Gasteiger partial charge in [-0.2, -0.15) is 10.2 Å². The van der Waals surface area contributed by atoms with Crippen LogP contribution < -0.4 is 5.73 Å². The highest BCUT2D eigenvalue weighted by Gasteiger charge is 2.42. The molecule has 5 rings (SSSR count). The molecule has 3 unspecified atom stereocenters. The van der Waals surface area contributed by atoms with E-state index in [0.29, 0.717) is 32.2 Å². The Morgan fingerprint density at radius 3 is 2.86 bits per heavy atom. The third-order valence-corrected chi connectivity index (χ3v) is 5.81. The fourth-order valence-electron chi connectivity index (χ4n) is 4.38. The summed E-state index contributed by atoms with van der Waals surface area (Å²) in [5.74, 6) is -3.71. The van der Waals surface area contributed by atoms with Crippen LogP contribution in [0.5, 0.6) is 0 Å². The summed E-state index contributed by atoms with van der Waals surface area (Å²) in [4.78, 5) is 6.54. The lowest BCUT2D eigenvalue weighted by Crippen LogP contribution is -2.53. The van der Waals surface area contributed by atoms with Gasteiger partial charge >= 0.3 is 0 Å². The largest absolute Gasteiger partial charge is 0.374 e. The molecule has 0 aromatic carbocycles. The van der Waals surface area contributed by atoms with Crippen LogP contribution >= 0.6 is 0 Å². The van der Waals surface area contributed by atoms with Gasteiger partial charge in [-0.25, -0.2) is 18.2 Å². The lowest BCUT2D eigenvalue weighted by Gasteiger charge is -2.41. The van der Waals surface area contributed by atoms with Gasteiger partial charge in [0.15, 0.2) is 11.5 Å². The second kappa shape index (κ2) is 6.64. The van der Waals surface area contributed by atoms with Crippen molar-refractivity contribution in [3.63, 3.8) is 0 Å². The molecule has 2 aromatic heterocycles. The summed E-state index contributed by atoms with van der Waals surface area (Å²) in [7, 11) is 0. The Morgan fingerprint density at radius 2 is 2.04 bits per heavy atom. The Hall–Kier alpha value is -2.30. The van der Waals surface area contributed by atoms with E-state index in [9.17, 15) is 13.2 Å². The Bertz CT molecular complexity index is 989. The molecule has 28 heavy (non-hydrogen) atoms. The lowest BCUT2D eigenvalue weighted by atomic mass is 9.84. The summed E-state index contributed by atoms with van der Waals surface area (Å²) in [6.45, 7) is 1.63. The highest BCUT2D eigenvalue weighted by molar-refractivity contribution is 5.50. The topological polar surface area (TPSA) is 81.6 Å². The maximum Gasteiger partial charge on any atom is 0.180 e. The highest BCUT2D eigenvalue weighted by atomic mass is 19.2. The monoisotopic (exact) mass is 392 g/mol. The van der Waals surface area contributed by atoms with Crippen LogP contribution in [-0.2, 0) is 17.8 Å². The molecular weight excluding hydrogens is 373 g/mol. The Balaban J connectivity index is 1.27. The van der Waals surface area contributed by atoms with Crippen LogP contribution in [0.1, 0.15) is 24.1 Å². The van der Waals surface area contributed by atoms with E-state index in [2.05, 4.69) is 20.1 Å². The van der Waals surface area contributed by atoms with Crippen molar-refractivity contribution in [2.24, 2.45) is 11.7 Å². The smallest absolute Gasteiger partial charge is 0.180 e. The third-order valence-electron chi connectivity index (χ3n) is 5.81. The van der Waals surface area contributed by atoms with Gasteiger partial charge in [0, 0.05) is 55.3 Å². The molecule has 4 heterocycles. The van der Waals surface area contributed by atoms with Gasteiger partial charge < -0.3 is 10.5 Å². The Morgan fingerprint density at radius 1 is 1.18 bits per heavy atom. The van der Waals surface area contributed by atoms with E-state index in [1.54, 1.807) is 12.4 Å². The van der Waals surface area contributed by atoms with Crippen LogP contribution in [0.3, 0.4) is 0 Å². The van der Waals surface area contributed by atoms with Gasteiger partial charge in [-0.05, 0) is 6.42 Å². The van der Waals surface area contributed by atoms with Crippen LogP contribution in [0, 0.1) is 5.92 Å². The standard InChI is InChI=1S/C18H19F3N6O/c19-12-5-14(21)13(20)4-10(12)17-15(22)3-9(8-28-17)26-6-11-16(7-26)25-27-18(11)23-1-2-24-27/h1-2,5,9-10,15,17H,3-4,6-8,22H2/t9?,10?,15?,17-/m1/s1. The van der Waals surface area contributed by atoms with Gasteiger partial charge in [0.25, 0.3) is 0 Å². The molecular formula is C18H19F3N6O. The van der Waals surface area contributed by atoms with Gasteiger partial charge in [0.2, 0.25) is 0 Å². The number of ether oxygens (including phenoxy) is 1. The number of nitrogens with zero attached hydrogens (tertiary/aromatic N) is 5. The summed E-state index contributed by atoms with van der Waals surface area (Å²) in [5, 5.41) is 8.61. The zero-order valence-electron chi connectivity index (χ0n) is 14.9. The third kappa shape index (κ3) is 2.83. The number of halogens is 3. The zero-order valence-corrected chi connectivity index (χ0v) is 14.9. The predicted molar refractivity (Wildman–Crippen MR) is 92.7 cm³/mol. The molecule has 1 aliphatic carbocycles. The van der Waals surface area contributed by atoms with Gasteiger partial charge in [0.05, 0.1) is 24.6 Å². The SMILES string of the molecule is NC1CC(N2Cc3nn4nccnc4c3C2)CO[C@@H]1C1CC(F)=C(F)C=C1F. The van der Waals surface area contributed by atoms with Crippen molar-refractivity contribution in [3.05, 3.63) is 47.2 Å². The van der Waals surface area contributed by atoms with Crippen molar-refractivity contribution in [1.82, 2.24) is 24.7 Å². The van der Waals surface area contributed by atoms with Gasteiger partial charge in [-0.15, -0.1) is 4.63 Å². The first-order valence-electron chi connectivity index (χ1n) is 9.21. The van der Waals surface area contributed by atoms with E-state index in [-0.39, 0.29) is 12.5 Å². The highest BCUT2D eigenvalue weighted by Crippen LogP contribution is 2.38. The summed E-state index contributed by atoms with van der Waals surface area (Å²) in [6, 6.07) is -0.448. The van der Waals surface area contributed by atoms with E-state index < -0.39 is 35.5 Å². The lowest BCUT2D eigenvalue weighted by molar-refractivity contribution is -0.0731. The molecule has 3 aliphatic rings. The molecule has 10 heteroatoms. The predicted octanol–water partition coefficient (Wildman–Crippen LogP) is 1.95. The minimum absolute atomic E-state index is 0.0323. The van der Waals surface area contributed by atoms with E-state index >= 15 is 0 Å². The number of allylic oxidation sites excluding steroid dienone is 3. The first kappa shape index (κ1) is 17.8. The molecule has 1 fully saturated rings. The van der Waals surface area contributed by atoms with Crippen molar-refractivity contribution in [1.29, 1.82) is 0 Å².